The highest BCUT2D eigenvalue weighted by molar-refractivity contribution is 5.96. The van der Waals surface area contributed by atoms with E-state index in [2.05, 4.69) is 4.98 Å². The average Bonchev–Trinajstić information content (AvgIpc) is 3.23. The van der Waals surface area contributed by atoms with Crippen LogP contribution in [0.15, 0.2) is 64.4 Å². The Bertz CT molecular complexity index is 1490. The summed E-state index contributed by atoms with van der Waals surface area (Å²) in [4.78, 5) is 43.7. The number of carbonyl (C=O) groups is 1. The van der Waals surface area contributed by atoms with E-state index in [-0.39, 0.29) is 36.6 Å². The van der Waals surface area contributed by atoms with E-state index in [1.54, 1.807) is 36.4 Å². The van der Waals surface area contributed by atoms with Crippen LogP contribution in [0.3, 0.4) is 0 Å². The molecule has 0 aliphatic rings. The highest BCUT2D eigenvalue weighted by Gasteiger charge is 2.20. The average molecular weight is 443 g/mol. The van der Waals surface area contributed by atoms with Crippen LogP contribution < -0.4 is 11.2 Å². The van der Waals surface area contributed by atoms with Gasteiger partial charge in [0.2, 0.25) is 0 Å². The Balaban J connectivity index is 1.87. The van der Waals surface area contributed by atoms with Crippen LogP contribution in [-0.2, 0) is 17.8 Å². The van der Waals surface area contributed by atoms with Crippen molar-refractivity contribution in [3.63, 3.8) is 0 Å². The lowest BCUT2D eigenvalue weighted by atomic mass is 10.1. The molecule has 33 heavy (non-hydrogen) atoms. The van der Waals surface area contributed by atoms with Crippen molar-refractivity contribution in [1.29, 1.82) is 5.26 Å². The second-order valence-corrected chi connectivity index (χ2v) is 7.56. The number of rotatable bonds is 7. The van der Waals surface area contributed by atoms with Crippen molar-refractivity contribution in [1.82, 2.24) is 18.7 Å². The summed E-state index contributed by atoms with van der Waals surface area (Å²) < 4.78 is 8.99. The fraction of sp³-hybridized carbons (Fsp3) is 0.208. The third-order valence-corrected chi connectivity index (χ3v) is 5.36. The van der Waals surface area contributed by atoms with E-state index in [1.807, 2.05) is 25.1 Å². The van der Waals surface area contributed by atoms with E-state index >= 15 is 0 Å². The molecule has 0 aliphatic carbocycles. The molecule has 9 heteroatoms. The van der Waals surface area contributed by atoms with Crippen LogP contribution >= 0.6 is 0 Å². The number of imidazole rings is 1. The number of aryl methyl sites for hydroxylation is 1. The number of carbonyl (C=O) groups excluding carboxylic acids is 1. The van der Waals surface area contributed by atoms with Gasteiger partial charge in [0.05, 0.1) is 43.3 Å². The van der Waals surface area contributed by atoms with Gasteiger partial charge in [0.25, 0.3) is 5.56 Å². The molecule has 166 valence electrons. The number of fused-ring (bicyclic) bond motifs is 1. The van der Waals surface area contributed by atoms with Crippen LogP contribution in [0.4, 0.5) is 0 Å². The van der Waals surface area contributed by atoms with Crippen molar-refractivity contribution in [2.45, 2.75) is 20.0 Å². The zero-order valence-electron chi connectivity index (χ0n) is 18.2. The number of ketones is 1. The molecular formula is C24H21N5O4. The van der Waals surface area contributed by atoms with Gasteiger partial charge in [0, 0.05) is 12.7 Å². The zero-order valence-corrected chi connectivity index (χ0v) is 18.2. The van der Waals surface area contributed by atoms with Gasteiger partial charge in [-0.2, -0.15) is 5.26 Å². The Hall–Kier alpha value is -4.29. The molecular weight excluding hydrogens is 422 g/mol. The number of benzene rings is 2. The standard InChI is InChI=1S/C24H21N5O4/c1-16-3-9-19(10-4-16)29-22-21(23(31)28(24(29)32)11-12-33-2)27(15-26-22)14-20(30)18-7-5-17(13-25)6-8-18/h3-10,15H,11-12,14H2,1-2H3. The van der Waals surface area contributed by atoms with E-state index in [4.69, 9.17) is 10.00 Å². The van der Waals surface area contributed by atoms with Crippen LogP contribution in [0.5, 0.6) is 0 Å². The molecule has 9 nitrogen and oxygen atoms in total. The molecule has 0 fully saturated rings. The predicted molar refractivity (Wildman–Crippen MR) is 122 cm³/mol. The minimum atomic E-state index is -0.541. The zero-order chi connectivity index (χ0) is 23.5. The molecule has 0 saturated carbocycles. The Morgan fingerprint density at radius 3 is 2.42 bits per heavy atom. The van der Waals surface area contributed by atoms with Gasteiger partial charge in [-0.3, -0.25) is 14.2 Å². The first-order valence-electron chi connectivity index (χ1n) is 10.2. The minimum absolute atomic E-state index is 0.0602. The maximum absolute atomic E-state index is 13.3. The third kappa shape index (κ3) is 4.12. The number of ether oxygens (including phenoxy) is 1. The van der Waals surface area contributed by atoms with E-state index in [9.17, 15) is 14.4 Å². The second kappa shape index (κ2) is 9.06. The largest absolute Gasteiger partial charge is 0.383 e. The minimum Gasteiger partial charge on any atom is -0.383 e. The lowest BCUT2D eigenvalue weighted by molar-refractivity contribution is 0.0973. The molecule has 0 saturated heterocycles. The van der Waals surface area contributed by atoms with E-state index in [0.29, 0.717) is 16.8 Å². The number of nitriles is 1. The highest BCUT2D eigenvalue weighted by atomic mass is 16.5. The maximum atomic E-state index is 13.3. The topological polar surface area (TPSA) is 112 Å². The van der Waals surface area contributed by atoms with E-state index < -0.39 is 11.2 Å². The SMILES string of the molecule is COCCn1c(=O)c2c(ncn2CC(=O)c2ccc(C#N)cc2)n(-c2ccc(C)cc2)c1=O. The van der Waals surface area contributed by atoms with Gasteiger partial charge in [-0.1, -0.05) is 29.8 Å². The summed E-state index contributed by atoms with van der Waals surface area (Å²) in [5.41, 5.74) is 1.69. The summed E-state index contributed by atoms with van der Waals surface area (Å²) in [7, 11) is 1.49. The molecule has 0 aliphatic heterocycles. The van der Waals surface area contributed by atoms with Gasteiger partial charge in [-0.15, -0.1) is 0 Å². The van der Waals surface area contributed by atoms with Crippen molar-refractivity contribution in [2.24, 2.45) is 0 Å². The van der Waals surface area contributed by atoms with Crippen LogP contribution in [-0.4, -0.2) is 38.2 Å². The van der Waals surface area contributed by atoms with Crippen LogP contribution in [0.2, 0.25) is 0 Å². The molecule has 0 atom stereocenters. The van der Waals surface area contributed by atoms with E-state index in [1.165, 1.54) is 22.6 Å². The number of hydrogen-bond acceptors (Lipinski definition) is 6. The second-order valence-electron chi connectivity index (χ2n) is 7.56. The van der Waals surface area contributed by atoms with Crippen LogP contribution in [0.25, 0.3) is 16.9 Å². The molecule has 0 unspecified atom stereocenters. The number of hydrogen-bond donors (Lipinski definition) is 0. The molecule has 2 heterocycles. The number of Topliss-reactive ketones (excluding diaryl/α,β-unsaturated/α-hetero) is 1. The monoisotopic (exact) mass is 443 g/mol. The van der Waals surface area contributed by atoms with Crippen molar-refractivity contribution in [3.05, 3.63) is 92.4 Å². The molecule has 0 radical (unpaired) electrons. The first kappa shape index (κ1) is 21.9. The fourth-order valence-corrected chi connectivity index (χ4v) is 3.58. The van der Waals surface area contributed by atoms with Gasteiger partial charge < -0.3 is 9.30 Å². The van der Waals surface area contributed by atoms with Gasteiger partial charge >= 0.3 is 5.69 Å². The van der Waals surface area contributed by atoms with Crippen molar-refractivity contribution in [3.8, 4) is 11.8 Å². The Kier molecular flexibility index (Phi) is 6.02. The normalized spacial score (nSPS) is 10.9. The summed E-state index contributed by atoms with van der Waals surface area (Å²) in [5, 5.41) is 8.95. The Morgan fingerprint density at radius 1 is 1.09 bits per heavy atom. The van der Waals surface area contributed by atoms with Crippen LogP contribution in [0, 0.1) is 18.3 Å². The molecule has 2 aromatic carbocycles. The summed E-state index contributed by atoms with van der Waals surface area (Å²) in [5.74, 6) is -0.255. The summed E-state index contributed by atoms with van der Waals surface area (Å²) >= 11 is 0. The Morgan fingerprint density at radius 2 is 1.79 bits per heavy atom. The van der Waals surface area contributed by atoms with Gasteiger partial charge in [-0.25, -0.2) is 14.3 Å². The molecule has 0 spiro atoms. The number of nitrogens with zero attached hydrogens (tertiary/aromatic N) is 5. The quantitative estimate of drug-likeness (QED) is 0.404. The molecule has 4 rings (SSSR count). The molecule has 0 N–H and O–H groups in total. The van der Waals surface area contributed by atoms with Gasteiger partial charge in [0.15, 0.2) is 16.9 Å². The van der Waals surface area contributed by atoms with Gasteiger partial charge in [-0.05, 0) is 31.2 Å². The molecule has 4 aromatic rings. The smallest absolute Gasteiger partial charge is 0.337 e. The molecule has 0 bridgehead atoms. The third-order valence-electron chi connectivity index (χ3n) is 5.36. The summed E-state index contributed by atoms with van der Waals surface area (Å²) in [6, 6.07) is 15.6. The highest BCUT2D eigenvalue weighted by Crippen LogP contribution is 2.15. The van der Waals surface area contributed by atoms with Crippen LogP contribution in [0.1, 0.15) is 21.5 Å². The summed E-state index contributed by atoms with van der Waals surface area (Å²) in [6.07, 6.45) is 1.39. The lowest BCUT2D eigenvalue weighted by Gasteiger charge is -2.12. The molecule has 0 amide bonds. The van der Waals surface area contributed by atoms with Crippen molar-refractivity contribution in [2.75, 3.05) is 13.7 Å². The first-order chi connectivity index (χ1) is 15.9. The molecule has 2 aromatic heterocycles. The maximum Gasteiger partial charge on any atom is 0.337 e. The number of aromatic nitrogens is 4. The fourth-order valence-electron chi connectivity index (χ4n) is 3.58. The number of methoxy groups -OCH3 is 1. The van der Waals surface area contributed by atoms with Gasteiger partial charge in [0.1, 0.15) is 0 Å². The lowest BCUT2D eigenvalue weighted by Crippen LogP contribution is -2.41. The summed E-state index contributed by atoms with van der Waals surface area (Å²) in [6.45, 7) is 2.02. The van der Waals surface area contributed by atoms with E-state index in [0.717, 1.165) is 10.1 Å². The Labute approximate surface area is 188 Å². The predicted octanol–water partition coefficient (Wildman–Crippen LogP) is 2.06. The first-order valence-corrected chi connectivity index (χ1v) is 10.2. The van der Waals surface area contributed by atoms with Crippen molar-refractivity contribution >= 4 is 16.9 Å². The van der Waals surface area contributed by atoms with Crippen molar-refractivity contribution < 1.29 is 9.53 Å².